The van der Waals surface area contributed by atoms with Crippen molar-refractivity contribution in [2.45, 2.75) is 13.1 Å². The van der Waals surface area contributed by atoms with Crippen molar-refractivity contribution in [2.75, 3.05) is 14.2 Å². The molecule has 0 N–H and O–H groups in total. The predicted octanol–water partition coefficient (Wildman–Crippen LogP) is 2.20. The molecular formula is C19H18FN3O3. The number of aromatic nitrogens is 2. The molecule has 0 saturated heterocycles. The first-order valence-corrected chi connectivity index (χ1v) is 8.00. The van der Waals surface area contributed by atoms with E-state index in [0.29, 0.717) is 12.3 Å². The number of halogens is 1. The van der Waals surface area contributed by atoms with Crippen molar-refractivity contribution in [2.24, 2.45) is 0 Å². The summed E-state index contributed by atoms with van der Waals surface area (Å²) >= 11 is 0. The highest BCUT2D eigenvalue weighted by atomic mass is 19.1. The summed E-state index contributed by atoms with van der Waals surface area (Å²) < 4.78 is 19.7. The molecule has 0 aliphatic rings. The van der Waals surface area contributed by atoms with E-state index < -0.39 is 5.82 Å². The summed E-state index contributed by atoms with van der Waals surface area (Å²) in [6.07, 6.45) is 1.26. The third-order valence-corrected chi connectivity index (χ3v) is 4.12. The molecule has 0 atom stereocenters. The highest BCUT2D eigenvalue weighted by molar-refractivity contribution is 5.79. The summed E-state index contributed by atoms with van der Waals surface area (Å²) in [7, 11) is 3.23. The van der Waals surface area contributed by atoms with Gasteiger partial charge in [-0.15, -0.1) is 0 Å². The smallest absolute Gasteiger partial charge is 0.261 e. The van der Waals surface area contributed by atoms with Gasteiger partial charge in [-0.3, -0.25) is 14.2 Å². The second-order valence-corrected chi connectivity index (χ2v) is 5.90. The van der Waals surface area contributed by atoms with Crippen molar-refractivity contribution in [1.82, 2.24) is 14.5 Å². The van der Waals surface area contributed by atoms with E-state index in [0.717, 1.165) is 5.56 Å². The summed E-state index contributed by atoms with van der Waals surface area (Å²) in [5.74, 6) is -0.0187. The molecule has 3 rings (SSSR count). The Morgan fingerprint density at radius 2 is 2.04 bits per heavy atom. The van der Waals surface area contributed by atoms with E-state index >= 15 is 0 Å². The highest BCUT2D eigenvalue weighted by Crippen LogP contribution is 2.18. The molecule has 2 aromatic carbocycles. The lowest BCUT2D eigenvalue weighted by molar-refractivity contribution is -0.131. The molecule has 134 valence electrons. The van der Waals surface area contributed by atoms with Crippen molar-refractivity contribution in [3.05, 3.63) is 70.5 Å². The summed E-state index contributed by atoms with van der Waals surface area (Å²) in [6.45, 7) is 0.203. The number of likely N-dealkylation sites (N-methyl/N-ethyl adjacent to an activating group) is 1. The van der Waals surface area contributed by atoms with E-state index in [-0.39, 0.29) is 28.9 Å². The average molecular weight is 355 g/mol. The molecular weight excluding hydrogens is 337 g/mol. The van der Waals surface area contributed by atoms with Crippen LogP contribution in [0.1, 0.15) is 5.56 Å². The first-order valence-electron chi connectivity index (χ1n) is 8.00. The molecule has 0 aliphatic carbocycles. The fourth-order valence-corrected chi connectivity index (χ4v) is 2.69. The van der Waals surface area contributed by atoms with E-state index in [1.54, 1.807) is 14.2 Å². The van der Waals surface area contributed by atoms with Crippen molar-refractivity contribution in [3.63, 3.8) is 0 Å². The Morgan fingerprint density at radius 3 is 2.81 bits per heavy atom. The minimum Gasteiger partial charge on any atom is -0.496 e. The molecule has 1 aromatic heterocycles. The van der Waals surface area contributed by atoms with Crippen LogP contribution in [-0.4, -0.2) is 34.5 Å². The van der Waals surface area contributed by atoms with E-state index in [1.807, 2.05) is 24.3 Å². The van der Waals surface area contributed by atoms with Gasteiger partial charge in [0.15, 0.2) is 0 Å². The number of amides is 1. The first-order chi connectivity index (χ1) is 12.5. The van der Waals surface area contributed by atoms with E-state index in [2.05, 4.69) is 4.98 Å². The Balaban J connectivity index is 1.79. The number of carbonyl (C=O) groups is 1. The van der Waals surface area contributed by atoms with Gasteiger partial charge in [-0.05, 0) is 18.2 Å². The number of para-hydroxylation sites is 1. The van der Waals surface area contributed by atoms with Crippen LogP contribution in [0, 0.1) is 5.82 Å². The van der Waals surface area contributed by atoms with Crippen LogP contribution in [0.5, 0.6) is 5.75 Å². The molecule has 0 saturated carbocycles. The topological polar surface area (TPSA) is 64.4 Å². The molecule has 0 bridgehead atoms. The third-order valence-electron chi connectivity index (χ3n) is 4.12. The van der Waals surface area contributed by atoms with Crippen molar-refractivity contribution in [3.8, 4) is 5.75 Å². The van der Waals surface area contributed by atoms with Gasteiger partial charge in [-0.2, -0.15) is 0 Å². The maximum absolute atomic E-state index is 13.2. The lowest BCUT2D eigenvalue weighted by Gasteiger charge is -2.19. The quantitative estimate of drug-likeness (QED) is 0.704. The second kappa shape index (κ2) is 7.35. The van der Waals surface area contributed by atoms with Crippen LogP contribution < -0.4 is 10.3 Å². The largest absolute Gasteiger partial charge is 0.496 e. The number of carbonyl (C=O) groups excluding carboxylic acids is 1. The fourth-order valence-electron chi connectivity index (χ4n) is 2.69. The molecule has 26 heavy (non-hydrogen) atoms. The lowest BCUT2D eigenvalue weighted by Crippen LogP contribution is -2.33. The van der Waals surface area contributed by atoms with Crippen LogP contribution in [0.15, 0.2) is 53.6 Å². The molecule has 0 fully saturated rings. The molecule has 0 spiro atoms. The van der Waals surface area contributed by atoms with Crippen molar-refractivity contribution < 1.29 is 13.9 Å². The van der Waals surface area contributed by atoms with Crippen LogP contribution in [0.3, 0.4) is 0 Å². The maximum Gasteiger partial charge on any atom is 0.261 e. The van der Waals surface area contributed by atoms with Gasteiger partial charge in [-0.25, -0.2) is 9.37 Å². The maximum atomic E-state index is 13.2. The van der Waals surface area contributed by atoms with Gasteiger partial charge >= 0.3 is 0 Å². The summed E-state index contributed by atoms with van der Waals surface area (Å²) in [6, 6.07) is 11.2. The number of ether oxygens (including phenoxy) is 1. The van der Waals surface area contributed by atoms with E-state index in [9.17, 15) is 14.0 Å². The van der Waals surface area contributed by atoms with Gasteiger partial charge in [0.25, 0.3) is 5.56 Å². The summed E-state index contributed by atoms with van der Waals surface area (Å²) in [4.78, 5) is 30.5. The third kappa shape index (κ3) is 3.56. The van der Waals surface area contributed by atoms with Crippen LogP contribution in [-0.2, 0) is 17.9 Å². The zero-order chi connectivity index (χ0) is 18.7. The minimum absolute atomic E-state index is 0.148. The predicted molar refractivity (Wildman–Crippen MR) is 95.4 cm³/mol. The molecule has 7 heteroatoms. The second-order valence-electron chi connectivity index (χ2n) is 5.90. The van der Waals surface area contributed by atoms with Crippen molar-refractivity contribution >= 4 is 16.8 Å². The molecule has 6 nitrogen and oxygen atoms in total. The zero-order valence-electron chi connectivity index (χ0n) is 14.5. The summed E-state index contributed by atoms with van der Waals surface area (Å²) in [5.41, 5.74) is 0.750. The number of hydrogen-bond donors (Lipinski definition) is 0. The van der Waals surface area contributed by atoms with Gasteiger partial charge in [-0.1, -0.05) is 18.2 Å². The van der Waals surface area contributed by atoms with Gasteiger partial charge in [0.1, 0.15) is 18.1 Å². The standard InChI is InChI=1S/C19H18FN3O3/c1-22(10-13-5-3-4-6-17(13)26-2)18(24)11-23-12-21-16-9-14(20)7-8-15(16)19(23)25/h3-9,12H,10-11H2,1-2H3. The molecule has 3 aromatic rings. The monoisotopic (exact) mass is 355 g/mol. The number of benzene rings is 2. The Labute approximate surface area is 149 Å². The normalized spacial score (nSPS) is 10.7. The van der Waals surface area contributed by atoms with Crippen LogP contribution in [0.2, 0.25) is 0 Å². The molecule has 1 heterocycles. The number of rotatable bonds is 5. The SMILES string of the molecule is COc1ccccc1CN(C)C(=O)Cn1cnc2cc(F)ccc2c1=O. The number of methoxy groups -OCH3 is 1. The van der Waals surface area contributed by atoms with Gasteiger partial charge in [0, 0.05) is 25.2 Å². The Bertz CT molecular complexity index is 1020. The fraction of sp³-hybridized carbons (Fsp3) is 0.211. The average Bonchev–Trinajstić information content (AvgIpc) is 2.64. The number of nitrogens with zero attached hydrogens (tertiary/aromatic N) is 3. The Kier molecular flexibility index (Phi) is 4.97. The van der Waals surface area contributed by atoms with Gasteiger partial charge in [0.2, 0.25) is 5.91 Å². The van der Waals surface area contributed by atoms with Crippen molar-refractivity contribution in [1.29, 1.82) is 0 Å². The number of fused-ring (bicyclic) bond motifs is 1. The van der Waals surface area contributed by atoms with Crippen LogP contribution >= 0.6 is 0 Å². The highest BCUT2D eigenvalue weighted by Gasteiger charge is 2.14. The van der Waals surface area contributed by atoms with E-state index in [1.165, 1.54) is 34.0 Å². The van der Waals surface area contributed by atoms with E-state index in [4.69, 9.17) is 4.74 Å². The van der Waals surface area contributed by atoms with Gasteiger partial charge < -0.3 is 9.64 Å². The zero-order valence-corrected chi connectivity index (χ0v) is 14.5. The Hall–Kier alpha value is -3.22. The lowest BCUT2D eigenvalue weighted by atomic mass is 10.2. The van der Waals surface area contributed by atoms with Crippen LogP contribution in [0.25, 0.3) is 10.9 Å². The first kappa shape index (κ1) is 17.6. The molecule has 0 unspecified atom stereocenters. The minimum atomic E-state index is -0.463. The molecule has 0 aliphatic heterocycles. The molecule has 0 radical (unpaired) electrons. The summed E-state index contributed by atoms with van der Waals surface area (Å²) in [5, 5.41) is 0.272. The Morgan fingerprint density at radius 1 is 1.27 bits per heavy atom. The molecule has 1 amide bonds. The van der Waals surface area contributed by atoms with Crippen LogP contribution in [0.4, 0.5) is 4.39 Å². The number of hydrogen-bond acceptors (Lipinski definition) is 4. The van der Waals surface area contributed by atoms with Gasteiger partial charge in [0.05, 0.1) is 24.3 Å².